The van der Waals surface area contributed by atoms with E-state index in [1.807, 2.05) is 38.4 Å². The molecule has 1 aliphatic heterocycles. The van der Waals surface area contributed by atoms with Crippen molar-refractivity contribution in [3.8, 4) is 5.75 Å². The van der Waals surface area contributed by atoms with Gasteiger partial charge >= 0.3 is 0 Å². The summed E-state index contributed by atoms with van der Waals surface area (Å²) < 4.78 is 5.46. The monoisotopic (exact) mass is 411 g/mol. The molecule has 1 aromatic heterocycles. The number of nitrogens with one attached hydrogen (secondary N) is 1. The van der Waals surface area contributed by atoms with Crippen LogP contribution in [-0.2, 0) is 6.54 Å². The molecule has 0 amide bonds. The summed E-state index contributed by atoms with van der Waals surface area (Å²) >= 11 is 0. The van der Waals surface area contributed by atoms with Crippen molar-refractivity contribution in [3.63, 3.8) is 0 Å². The third kappa shape index (κ3) is 6.06. The largest absolute Gasteiger partial charge is 0.496 e. The van der Waals surface area contributed by atoms with Gasteiger partial charge in [-0.1, -0.05) is 18.2 Å². The molecular weight excluding hydrogens is 378 g/mol. The fourth-order valence-electron chi connectivity index (χ4n) is 3.68. The molecule has 30 heavy (non-hydrogen) atoms. The van der Waals surface area contributed by atoms with E-state index in [1.165, 1.54) is 0 Å². The van der Waals surface area contributed by atoms with Crippen molar-refractivity contribution in [2.45, 2.75) is 13.0 Å². The van der Waals surface area contributed by atoms with Crippen LogP contribution in [0.5, 0.6) is 5.75 Å². The fraction of sp³-hybridized carbons (Fsp3) is 0.500. The SMILES string of the molecule is CN=C(NCCCN1CCN(c2ncccn2)CC1)N(C)Cc1ccccc1OC. The molecule has 0 unspecified atom stereocenters. The van der Waals surface area contributed by atoms with E-state index in [0.717, 1.165) is 75.5 Å². The summed E-state index contributed by atoms with van der Waals surface area (Å²) in [6.45, 7) is 6.74. The number of ether oxygens (including phenoxy) is 1. The standard InChI is InChI=1S/C22H33N7O/c1-23-21(27(2)18-19-8-4-5-9-20(19)30-3)24-12-7-13-28-14-16-29(17-15-28)22-25-10-6-11-26-22/h4-6,8-11H,7,12-18H2,1-3H3,(H,23,24). The van der Waals surface area contributed by atoms with E-state index >= 15 is 0 Å². The van der Waals surface area contributed by atoms with Crippen LogP contribution >= 0.6 is 0 Å². The van der Waals surface area contributed by atoms with E-state index in [9.17, 15) is 0 Å². The minimum Gasteiger partial charge on any atom is -0.496 e. The van der Waals surface area contributed by atoms with Crippen LogP contribution in [0.3, 0.4) is 0 Å². The van der Waals surface area contributed by atoms with Crippen molar-refractivity contribution in [1.29, 1.82) is 0 Å². The summed E-state index contributed by atoms with van der Waals surface area (Å²) in [7, 11) is 5.58. The first kappa shape index (κ1) is 21.8. The maximum atomic E-state index is 5.46. The number of rotatable bonds is 8. The van der Waals surface area contributed by atoms with Crippen LogP contribution in [0.2, 0.25) is 0 Å². The molecule has 1 aliphatic rings. The molecule has 3 rings (SSSR count). The van der Waals surface area contributed by atoms with Gasteiger partial charge in [-0.2, -0.15) is 0 Å². The minimum absolute atomic E-state index is 0.743. The van der Waals surface area contributed by atoms with E-state index in [2.05, 4.69) is 41.0 Å². The molecular formula is C22H33N7O. The summed E-state index contributed by atoms with van der Waals surface area (Å²) in [5.74, 6) is 2.63. The van der Waals surface area contributed by atoms with Crippen molar-refractivity contribution < 1.29 is 4.74 Å². The number of guanidine groups is 1. The van der Waals surface area contributed by atoms with Crippen molar-refractivity contribution in [2.24, 2.45) is 4.99 Å². The molecule has 0 atom stereocenters. The summed E-state index contributed by atoms with van der Waals surface area (Å²) in [4.78, 5) is 20.0. The van der Waals surface area contributed by atoms with Crippen molar-refractivity contribution in [3.05, 3.63) is 48.3 Å². The van der Waals surface area contributed by atoms with Crippen molar-refractivity contribution in [1.82, 2.24) is 25.1 Å². The van der Waals surface area contributed by atoms with Gasteiger partial charge in [-0.05, 0) is 25.1 Å². The second kappa shape index (κ2) is 11.3. The molecule has 0 spiro atoms. The van der Waals surface area contributed by atoms with Crippen LogP contribution in [0.15, 0.2) is 47.7 Å². The maximum absolute atomic E-state index is 5.46. The smallest absolute Gasteiger partial charge is 0.225 e. The van der Waals surface area contributed by atoms with Crippen LogP contribution in [0, 0.1) is 0 Å². The lowest BCUT2D eigenvalue weighted by Crippen LogP contribution is -2.47. The number of hydrogen-bond donors (Lipinski definition) is 1. The highest BCUT2D eigenvalue weighted by molar-refractivity contribution is 5.79. The Morgan fingerprint density at radius 2 is 1.87 bits per heavy atom. The number of aliphatic imine (C=N–C) groups is 1. The second-order valence-electron chi connectivity index (χ2n) is 7.37. The van der Waals surface area contributed by atoms with E-state index < -0.39 is 0 Å². The molecule has 1 N–H and O–H groups in total. The average Bonchev–Trinajstić information content (AvgIpc) is 2.80. The Labute approximate surface area is 179 Å². The van der Waals surface area contributed by atoms with Gasteiger partial charge in [0, 0.05) is 71.3 Å². The van der Waals surface area contributed by atoms with Gasteiger partial charge in [0.1, 0.15) is 5.75 Å². The molecule has 162 valence electrons. The average molecular weight is 412 g/mol. The van der Waals surface area contributed by atoms with Gasteiger partial charge in [-0.3, -0.25) is 9.89 Å². The molecule has 2 aromatic rings. The second-order valence-corrected chi connectivity index (χ2v) is 7.37. The van der Waals surface area contributed by atoms with Crippen molar-refractivity contribution in [2.75, 3.05) is 65.4 Å². The first-order valence-electron chi connectivity index (χ1n) is 10.5. The number of benzene rings is 1. The topological polar surface area (TPSA) is 69.1 Å². The zero-order valence-corrected chi connectivity index (χ0v) is 18.3. The van der Waals surface area contributed by atoms with Gasteiger partial charge in [0.05, 0.1) is 7.11 Å². The zero-order valence-electron chi connectivity index (χ0n) is 18.3. The van der Waals surface area contributed by atoms with E-state index in [4.69, 9.17) is 4.74 Å². The summed E-state index contributed by atoms with van der Waals surface area (Å²) in [5, 5.41) is 3.48. The molecule has 0 radical (unpaired) electrons. The number of hydrogen-bond acceptors (Lipinski definition) is 6. The number of nitrogens with zero attached hydrogens (tertiary/aromatic N) is 6. The molecule has 0 saturated carbocycles. The fourth-order valence-corrected chi connectivity index (χ4v) is 3.68. The lowest BCUT2D eigenvalue weighted by atomic mass is 10.2. The van der Waals surface area contributed by atoms with Gasteiger partial charge in [0.15, 0.2) is 5.96 Å². The molecule has 1 fully saturated rings. The summed E-state index contributed by atoms with van der Waals surface area (Å²) in [6.07, 6.45) is 4.68. The minimum atomic E-state index is 0.743. The predicted molar refractivity (Wildman–Crippen MR) is 121 cm³/mol. The Morgan fingerprint density at radius 1 is 1.13 bits per heavy atom. The number of anilines is 1. The first-order chi connectivity index (χ1) is 14.7. The van der Waals surface area contributed by atoms with Gasteiger partial charge < -0.3 is 19.9 Å². The summed E-state index contributed by atoms with van der Waals surface area (Å²) in [5.41, 5.74) is 1.14. The Morgan fingerprint density at radius 3 is 2.57 bits per heavy atom. The third-order valence-electron chi connectivity index (χ3n) is 5.31. The number of methoxy groups -OCH3 is 1. The highest BCUT2D eigenvalue weighted by Crippen LogP contribution is 2.18. The molecule has 8 heteroatoms. The van der Waals surface area contributed by atoms with Gasteiger partial charge in [0.2, 0.25) is 5.95 Å². The highest BCUT2D eigenvalue weighted by atomic mass is 16.5. The Bertz CT molecular complexity index is 791. The van der Waals surface area contributed by atoms with Crippen LogP contribution < -0.4 is 15.0 Å². The third-order valence-corrected chi connectivity index (χ3v) is 5.31. The van der Waals surface area contributed by atoms with Crippen LogP contribution in [0.4, 0.5) is 5.95 Å². The van der Waals surface area contributed by atoms with Crippen molar-refractivity contribution >= 4 is 11.9 Å². The molecule has 1 saturated heterocycles. The van der Waals surface area contributed by atoms with Gasteiger partial charge in [-0.15, -0.1) is 0 Å². The molecule has 8 nitrogen and oxygen atoms in total. The lowest BCUT2D eigenvalue weighted by molar-refractivity contribution is 0.254. The van der Waals surface area contributed by atoms with Crippen LogP contribution in [0.25, 0.3) is 0 Å². The number of para-hydroxylation sites is 1. The first-order valence-corrected chi connectivity index (χ1v) is 10.5. The van der Waals surface area contributed by atoms with Gasteiger partial charge in [-0.25, -0.2) is 9.97 Å². The quantitative estimate of drug-likeness (QED) is 0.403. The normalized spacial score (nSPS) is 15.2. The molecule has 0 bridgehead atoms. The Balaban J connectivity index is 1.37. The van der Waals surface area contributed by atoms with Crippen LogP contribution in [0.1, 0.15) is 12.0 Å². The predicted octanol–water partition coefficient (Wildman–Crippen LogP) is 1.70. The molecule has 0 aliphatic carbocycles. The van der Waals surface area contributed by atoms with Gasteiger partial charge in [0.25, 0.3) is 0 Å². The maximum Gasteiger partial charge on any atom is 0.225 e. The molecule has 2 heterocycles. The molecule has 1 aromatic carbocycles. The highest BCUT2D eigenvalue weighted by Gasteiger charge is 2.18. The van der Waals surface area contributed by atoms with Crippen LogP contribution in [-0.4, -0.2) is 86.2 Å². The van der Waals surface area contributed by atoms with E-state index in [0.29, 0.717) is 0 Å². The lowest BCUT2D eigenvalue weighted by Gasteiger charge is -2.34. The Hall–Kier alpha value is -2.87. The number of aromatic nitrogens is 2. The van der Waals surface area contributed by atoms with E-state index in [-0.39, 0.29) is 0 Å². The zero-order chi connectivity index (χ0) is 21.2. The van der Waals surface area contributed by atoms with E-state index in [1.54, 1.807) is 19.5 Å². The number of piperazine rings is 1. The Kier molecular flexibility index (Phi) is 8.26. The summed E-state index contributed by atoms with van der Waals surface area (Å²) in [6, 6.07) is 9.95.